The summed E-state index contributed by atoms with van der Waals surface area (Å²) in [5.41, 5.74) is 5.54. The van der Waals surface area contributed by atoms with E-state index in [1.54, 1.807) is 4.90 Å². The highest BCUT2D eigenvalue weighted by atomic mass is 16.2. The lowest BCUT2D eigenvalue weighted by Gasteiger charge is -2.18. The number of carbonyl (C=O) groups excluding carboxylic acids is 2. The number of rotatable bonds is 9. The zero-order valence-electron chi connectivity index (χ0n) is 11.9. The van der Waals surface area contributed by atoms with E-state index in [0.29, 0.717) is 39.0 Å². The van der Waals surface area contributed by atoms with Gasteiger partial charge in [0.15, 0.2) is 0 Å². The molecule has 3 N–H and O–H groups in total. The Morgan fingerprint density at radius 2 is 1.83 bits per heavy atom. The van der Waals surface area contributed by atoms with Crippen molar-refractivity contribution in [3.63, 3.8) is 0 Å². The van der Waals surface area contributed by atoms with Crippen molar-refractivity contribution in [1.82, 2.24) is 10.2 Å². The zero-order valence-corrected chi connectivity index (χ0v) is 11.9. The molecule has 0 aliphatic heterocycles. The van der Waals surface area contributed by atoms with Crippen LogP contribution >= 0.6 is 0 Å². The highest BCUT2D eigenvalue weighted by molar-refractivity contribution is 5.79. The van der Waals surface area contributed by atoms with Crippen molar-refractivity contribution in [2.24, 2.45) is 11.7 Å². The van der Waals surface area contributed by atoms with Gasteiger partial charge in [0.05, 0.1) is 0 Å². The highest BCUT2D eigenvalue weighted by Gasteiger charge is 2.12. The maximum absolute atomic E-state index is 11.7. The summed E-state index contributed by atoms with van der Waals surface area (Å²) in [5.74, 6) is 0.314. The maximum atomic E-state index is 11.7. The van der Waals surface area contributed by atoms with Crippen LogP contribution < -0.4 is 11.1 Å². The molecule has 0 aromatic rings. The summed E-state index contributed by atoms with van der Waals surface area (Å²) in [6, 6.07) is 0. The first-order valence-corrected chi connectivity index (χ1v) is 6.83. The molecule has 1 atom stereocenters. The number of carbonyl (C=O) groups is 2. The van der Waals surface area contributed by atoms with Crippen LogP contribution in [-0.2, 0) is 9.59 Å². The number of amides is 2. The van der Waals surface area contributed by atoms with Crippen molar-refractivity contribution in [1.29, 1.82) is 0 Å². The molecule has 0 aliphatic rings. The molecule has 0 fully saturated rings. The second-order valence-electron chi connectivity index (χ2n) is 4.38. The fourth-order valence-electron chi connectivity index (χ4n) is 1.77. The van der Waals surface area contributed by atoms with Crippen molar-refractivity contribution < 1.29 is 9.59 Å². The minimum absolute atomic E-state index is 0.0142. The minimum Gasteiger partial charge on any atom is -0.356 e. The van der Waals surface area contributed by atoms with E-state index in [1.807, 2.05) is 20.8 Å². The van der Waals surface area contributed by atoms with Gasteiger partial charge in [-0.2, -0.15) is 0 Å². The predicted molar refractivity (Wildman–Crippen MR) is 73.0 cm³/mol. The summed E-state index contributed by atoms with van der Waals surface area (Å²) in [6.45, 7) is 8.30. The lowest BCUT2D eigenvalue weighted by atomic mass is 10.0. The smallest absolute Gasteiger partial charge is 0.224 e. The van der Waals surface area contributed by atoms with Gasteiger partial charge in [-0.15, -0.1) is 0 Å². The normalized spacial score (nSPS) is 12.0. The Balaban J connectivity index is 3.83. The van der Waals surface area contributed by atoms with E-state index in [4.69, 9.17) is 5.73 Å². The van der Waals surface area contributed by atoms with Crippen LogP contribution in [0, 0.1) is 5.92 Å². The standard InChI is InChI=1S/C13H27N3O2/c1-4-11(10-14)9-12(17)15-8-7-13(18)16(5-2)6-3/h11H,4-10,14H2,1-3H3,(H,15,17). The number of nitrogens with zero attached hydrogens (tertiary/aromatic N) is 1. The molecule has 0 saturated carbocycles. The van der Waals surface area contributed by atoms with Gasteiger partial charge < -0.3 is 16.0 Å². The van der Waals surface area contributed by atoms with Crippen LogP contribution in [0.5, 0.6) is 0 Å². The molecule has 0 bridgehead atoms. The van der Waals surface area contributed by atoms with Gasteiger partial charge in [0.2, 0.25) is 11.8 Å². The summed E-state index contributed by atoms with van der Waals surface area (Å²) in [6.07, 6.45) is 1.72. The van der Waals surface area contributed by atoms with Crippen molar-refractivity contribution in [2.45, 2.75) is 40.0 Å². The van der Waals surface area contributed by atoms with Crippen molar-refractivity contribution >= 4 is 11.8 Å². The molecule has 18 heavy (non-hydrogen) atoms. The Kier molecular flexibility index (Phi) is 9.28. The van der Waals surface area contributed by atoms with Crippen LogP contribution in [-0.4, -0.2) is 42.9 Å². The van der Waals surface area contributed by atoms with E-state index in [-0.39, 0.29) is 17.7 Å². The fraction of sp³-hybridized carbons (Fsp3) is 0.846. The Morgan fingerprint density at radius 1 is 1.22 bits per heavy atom. The Morgan fingerprint density at radius 3 is 2.28 bits per heavy atom. The molecule has 5 nitrogen and oxygen atoms in total. The van der Waals surface area contributed by atoms with E-state index in [2.05, 4.69) is 5.32 Å². The molecule has 0 saturated heterocycles. The first-order valence-electron chi connectivity index (χ1n) is 6.83. The topological polar surface area (TPSA) is 75.4 Å². The summed E-state index contributed by atoms with van der Waals surface area (Å²) >= 11 is 0. The van der Waals surface area contributed by atoms with E-state index in [0.717, 1.165) is 6.42 Å². The molecule has 1 unspecified atom stereocenters. The molecule has 0 aliphatic carbocycles. The molecule has 0 heterocycles. The van der Waals surface area contributed by atoms with Gasteiger partial charge in [0.25, 0.3) is 0 Å². The lowest BCUT2D eigenvalue weighted by Crippen LogP contribution is -2.35. The highest BCUT2D eigenvalue weighted by Crippen LogP contribution is 2.05. The van der Waals surface area contributed by atoms with Crippen molar-refractivity contribution in [2.75, 3.05) is 26.2 Å². The summed E-state index contributed by atoms with van der Waals surface area (Å²) in [7, 11) is 0. The lowest BCUT2D eigenvalue weighted by molar-refractivity contribution is -0.130. The Hall–Kier alpha value is -1.10. The summed E-state index contributed by atoms with van der Waals surface area (Å²) < 4.78 is 0. The minimum atomic E-state index is -0.0142. The predicted octanol–water partition coefficient (Wildman–Crippen LogP) is 0.736. The van der Waals surface area contributed by atoms with Gasteiger partial charge in [0.1, 0.15) is 0 Å². The van der Waals surface area contributed by atoms with Gasteiger partial charge in [-0.05, 0) is 26.3 Å². The third-order valence-corrected chi connectivity index (χ3v) is 3.16. The van der Waals surface area contributed by atoms with E-state index in [1.165, 1.54) is 0 Å². The molecule has 0 rings (SSSR count). The van der Waals surface area contributed by atoms with E-state index < -0.39 is 0 Å². The van der Waals surface area contributed by atoms with Crippen molar-refractivity contribution in [3.8, 4) is 0 Å². The van der Waals surface area contributed by atoms with Gasteiger partial charge in [0, 0.05) is 32.5 Å². The average Bonchev–Trinajstić information content (AvgIpc) is 2.37. The van der Waals surface area contributed by atoms with Crippen LogP contribution in [0.4, 0.5) is 0 Å². The summed E-state index contributed by atoms with van der Waals surface area (Å²) in [5, 5.41) is 2.77. The SMILES string of the molecule is CCC(CN)CC(=O)NCCC(=O)N(CC)CC. The monoisotopic (exact) mass is 257 g/mol. The number of hydrogen-bond acceptors (Lipinski definition) is 3. The fourth-order valence-corrected chi connectivity index (χ4v) is 1.77. The quantitative estimate of drug-likeness (QED) is 0.639. The van der Waals surface area contributed by atoms with Crippen LogP contribution in [0.2, 0.25) is 0 Å². The van der Waals surface area contributed by atoms with Crippen LogP contribution in [0.3, 0.4) is 0 Å². The van der Waals surface area contributed by atoms with Gasteiger partial charge >= 0.3 is 0 Å². The van der Waals surface area contributed by atoms with Crippen molar-refractivity contribution in [3.05, 3.63) is 0 Å². The second-order valence-corrected chi connectivity index (χ2v) is 4.38. The van der Waals surface area contributed by atoms with Gasteiger partial charge in [-0.1, -0.05) is 13.3 Å². The number of nitrogens with one attached hydrogen (secondary N) is 1. The number of nitrogens with two attached hydrogens (primary N) is 1. The summed E-state index contributed by atoms with van der Waals surface area (Å²) in [4.78, 5) is 25.0. The van der Waals surface area contributed by atoms with Crippen LogP contribution in [0.25, 0.3) is 0 Å². The first-order chi connectivity index (χ1) is 8.58. The third-order valence-electron chi connectivity index (χ3n) is 3.16. The molecular formula is C13H27N3O2. The zero-order chi connectivity index (χ0) is 14.0. The molecule has 5 heteroatoms. The largest absolute Gasteiger partial charge is 0.356 e. The second kappa shape index (κ2) is 9.88. The molecule has 0 aromatic carbocycles. The Bertz CT molecular complexity index is 249. The van der Waals surface area contributed by atoms with Crippen LogP contribution in [0.15, 0.2) is 0 Å². The molecule has 2 amide bonds. The molecule has 0 radical (unpaired) electrons. The van der Waals surface area contributed by atoms with E-state index >= 15 is 0 Å². The third kappa shape index (κ3) is 6.59. The van der Waals surface area contributed by atoms with Gasteiger partial charge in [-0.3, -0.25) is 9.59 Å². The molecule has 106 valence electrons. The Labute approximate surface area is 110 Å². The van der Waals surface area contributed by atoms with Crippen LogP contribution in [0.1, 0.15) is 40.0 Å². The number of hydrogen-bond donors (Lipinski definition) is 2. The average molecular weight is 257 g/mol. The van der Waals surface area contributed by atoms with E-state index in [9.17, 15) is 9.59 Å². The van der Waals surface area contributed by atoms with Gasteiger partial charge in [-0.25, -0.2) is 0 Å². The molecular weight excluding hydrogens is 230 g/mol. The first kappa shape index (κ1) is 16.9. The maximum Gasteiger partial charge on any atom is 0.224 e. The molecule has 0 spiro atoms. The molecule has 0 aromatic heterocycles.